The first-order chi connectivity index (χ1) is 32.6. The topological polar surface area (TPSA) is 500 Å². The van der Waals surface area contributed by atoms with E-state index in [2.05, 4.69) is 21.3 Å². The summed E-state index contributed by atoms with van der Waals surface area (Å²) in [5.41, 5.74) is 11.3. The van der Waals surface area contributed by atoms with Crippen molar-refractivity contribution >= 4 is 77.2 Å². The van der Waals surface area contributed by atoms with Gasteiger partial charge >= 0.3 is 35.8 Å². The van der Waals surface area contributed by atoms with Gasteiger partial charge in [0.2, 0.25) is 41.4 Å². The largest absolute Gasteiger partial charge is 0.508 e. The fourth-order valence-electron chi connectivity index (χ4n) is 6.26. The van der Waals surface area contributed by atoms with E-state index in [1.165, 1.54) is 24.3 Å². The molecule has 0 heterocycles. The third-order valence-electron chi connectivity index (χ3n) is 9.69. The van der Waals surface area contributed by atoms with Gasteiger partial charge in [-0.1, -0.05) is 26.0 Å². The highest BCUT2D eigenvalue weighted by molar-refractivity contribution is 6.00. The zero-order valence-electron chi connectivity index (χ0n) is 37.9. The van der Waals surface area contributed by atoms with Gasteiger partial charge in [-0.2, -0.15) is 0 Å². The second-order valence-corrected chi connectivity index (χ2v) is 16.1. The van der Waals surface area contributed by atoms with Crippen LogP contribution in [-0.4, -0.2) is 168 Å². The van der Waals surface area contributed by atoms with Crippen LogP contribution in [0.4, 0.5) is 0 Å². The minimum Gasteiger partial charge on any atom is -0.508 e. The van der Waals surface area contributed by atoms with E-state index in [0.29, 0.717) is 6.42 Å². The third kappa shape index (κ3) is 23.2. The molecule has 0 aliphatic heterocycles. The summed E-state index contributed by atoms with van der Waals surface area (Å²) in [7, 11) is 0. The van der Waals surface area contributed by atoms with Gasteiger partial charge in [0, 0.05) is 6.42 Å². The molecule has 0 bridgehead atoms. The summed E-state index contributed by atoms with van der Waals surface area (Å²) in [5, 5.41) is 81.1. The molecule has 0 fully saturated rings. The predicted octanol–water partition coefficient (Wildman–Crippen LogP) is -4.71. The number of phenols is 1. The Labute approximate surface area is 397 Å². The normalized spacial score (nSPS) is 14.3. The molecule has 70 heavy (non-hydrogen) atoms. The summed E-state index contributed by atoms with van der Waals surface area (Å²) >= 11 is 0. The number of carbonyl (C=O) groups excluding carboxylic acids is 7. The van der Waals surface area contributed by atoms with Gasteiger partial charge in [0.05, 0.1) is 38.1 Å². The molecule has 0 saturated heterocycles. The molecule has 0 aliphatic rings. The average Bonchev–Trinajstić information content (AvgIpc) is 3.23. The van der Waals surface area contributed by atoms with Crippen molar-refractivity contribution in [2.45, 2.75) is 126 Å². The minimum atomic E-state index is -2.29. The Morgan fingerprint density at radius 3 is 1.13 bits per heavy atom. The van der Waals surface area contributed by atoms with E-state index in [9.17, 15) is 93.0 Å². The Kier molecular flexibility index (Phi) is 25.5. The number of benzene rings is 1. The quantitative estimate of drug-likeness (QED) is 0.0294. The van der Waals surface area contributed by atoms with Crippen LogP contribution in [0.15, 0.2) is 24.3 Å². The molecule has 29 nitrogen and oxygen atoms in total. The van der Waals surface area contributed by atoms with Crippen molar-refractivity contribution in [3.05, 3.63) is 29.8 Å². The number of carboxylic acid groups (broad SMARTS) is 6. The molecular formula is C41H59N9O20. The Morgan fingerprint density at radius 1 is 0.457 bits per heavy atom. The first kappa shape index (κ1) is 60.1. The van der Waals surface area contributed by atoms with E-state index >= 15 is 0 Å². The number of nitrogens with one attached hydrogen (secondary N) is 7. The van der Waals surface area contributed by atoms with Crippen LogP contribution in [0.2, 0.25) is 0 Å². The molecule has 0 radical (unpaired) electrons. The van der Waals surface area contributed by atoms with Gasteiger partial charge in [0.1, 0.15) is 48.0 Å². The van der Waals surface area contributed by atoms with Crippen molar-refractivity contribution in [3.63, 3.8) is 0 Å². The van der Waals surface area contributed by atoms with E-state index in [-0.39, 0.29) is 43.0 Å². The monoisotopic (exact) mass is 997 g/mol. The van der Waals surface area contributed by atoms with Crippen molar-refractivity contribution in [3.8, 4) is 5.75 Å². The number of phenolic OH excluding ortho intramolecular Hbond substituents is 1. The number of aromatic hydroxyl groups is 1. The Bertz CT molecular complexity index is 2080. The summed E-state index contributed by atoms with van der Waals surface area (Å²) in [6.45, 7) is 3.49. The van der Waals surface area contributed by atoms with Crippen LogP contribution < -0.4 is 48.7 Å². The van der Waals surface area contributed by atoms with Gasteiger partial charge < -0.3 is 84.4 Å². The van der Waals surface area contributed by atoms with E-state index in [1.54, 1.807) is 13.8 Å². The van der Waals surface area contributed by atoms with Gasteiger partial charge in [-0.25, -0.2) is 4.79 Å². The summed E-state index contributed by atoms with van der Waals surface area (Å²) < 4.78 is 0. The lowest BCUT2D eigenvalue weighted by Gasteiger charge is -2.27. The number of unbranched alkanes of at least 4 members (excludes halogenated alkanes) is 1. The van der Waals surface area contributed by atoms with Crippen LogP contribution in [-0.2, 0) is 68.7 Å². The number of carbonyl (C=O) groups is 13. The van der Waals surface area contributed by atoms with Crippen LogP contribution in [0.1, 0.15) is 77.2 Å². The molecule has 29 heteroatoms. The standard InChI is InChI=1S/C41H59N9O20/c1-18(2)11-23(45-34(62)21(43)13-29(52)53)35(63)46-24(12-19-6-8-20(51)9-7-19)36(64)47-26(15-31(56)57)38(66)49-28(17-33(60)61)40(68)50-27(16-32(58)59)39(67)48-25(14-30(54)55)37(65)44-22(41(69)70)5-3-4-10-42/h6-9,18,21-28,51H,3-5,10-17,42-43H2,1-2H3,(H,44,65)(H,45,62)(H,46,63)(H,47,64)(H,48,67)(H,49,66)(H,50,68)(H,52,53)(H,54,55)(H,56,57)(H,58,59)(H,60,61)(H,69,70). The molecule has 0 spiro atoms. The maximum atomic E-state index is 13.9. The van der Waals surface area contributed by atoms with Crippen molar-refractivity contribution < 1.29 is 98.1 Å². The van der Waals surface area contributed by atoms with Crippen LogP contribution in [0.3, 0.4) is 0 Å². The third-order valence-corrected chi connectivity index (χ3v) is 9.69. The molecule has 8 atom stereocenters. The highest BCUT2D eigenvalue weighted by Gasteiger charge is 2.37. The lowest BCUT2D eigenvalue weighted by atomic mass is 10.00. The Morgan fingerprint density at radius 2 is 0.786 bits per heavy atom. The van der Waals surface area contributed by atoms with Crippen LogP contribution in [0, 0.1) is 5.92 Å². The second-order valence-electron chi connectivity index (χ2n) is 16.1. The predicted molar refractivity (Wildman–Crippen MR) is 235 cm³/mol. The highest BCUT2D eigenvalue weighted by Crippen LogP contribution is 2.14. The van der Waals surface area contributed by atoms with E-state index < -0.39 is 164 Å². The number of carboxylic acids is 6. The molecule has 0 aromatic heterocycles. The lowest BCUT2D eigenvalue weighted by molar-refractivity contribution is -0.145. The van der Waals surface area contributed by atoms with Crippen LogP contribution in [0.25, 0.3) is 0 Å². The van der Waals surface area contributed by atoms with Gasteiger partial charge in [-0.3, -0.25) is 57.5 Å². The molecular weight excluding hydrogens is 938 g/mol. The number of hydrogen-bond donors (Lipinski definition) is 16. The van der Waals surface area contributed by atoms with Crippen LogP contribution >= 0.6 is 0 Å². The molecule has 0 aliphatic carbocycles. The number of hydrogen-bond acceptors (Lipinski definition) is 16. The summed E-state index contributed by atoms with van der Waals surface area (Å²) in [6, 6.07) is -10.1. The van der Waals surface area contributed by atoms with Crippen molar-refractivity contribution in [1.82, 2.24) is 37.2 Å². The molecule has 388 valence electrons. The van der Waals surface area contributed by atoms with E-state index in [4.69, 9.17) is 16.6 Å². The molecule has 0 saturated carbocycles. The maximum absolute atomic E-state index is 13.9. The zero-order chi connectivity index (χ0) is 53.4. The first-order valence-electron chi connectivity index (χ1n) is 21.3. The van der Waals surface area contributed by atoms with Crippen LogP contribution in [0.5, 0.6) is 5.75 Å². The summed E-state index contributed by atoms with van der Waals surface area (Å²) in [5.74, 6) is -19.9. The fraction of sp³-hybridized carbons (Fsp3) is 0.537. The first-order valence-corrected chi connectivity index (χ1v) is 21.3. The van der Waals surface area contributed by atoms with Crippen molar-refractivity contribution in [2.75, 3.05) is 6.54 Å². The number of nitrogens with two attached hydrogens (primary N) is 2. The van der Waals surface area contributed by atoms with Gasteiger partial charge in [0.15, 0.2) is 0 Å². The molecule has 7 amide bonds. The lowest BCUT2D eigenvalue weighted by Crippen LogP contribution is -2.61. The zero-order valence-corrected chi connectivity index (χ0v) is 37.9. The van der Waals surface area contributed by atoms with Gasteiger partial charge in [-0.05, 0) is 55.8 Å². The number of rotatable bonds is 33. The van der Waals surface area contributed by atoms with Crippen molar-refractivity contribution in [2.24, 2.45) is 17.4 Å². The van der Waals surface area contributed by atoms with Gasteiger partial charge in [0.25, 0.3) is 0 Å². The smallest absolute Gasteiger partial charge is 0.326 e. The summed E-state index contributed by atoms with van der Waals surface area (Å²) in [6.07, 6.45) is -6.02. The molecule has 18 N–H and O–H groups in total. The fourth-order valence-corrected chi connectivity index (χ4v) is 6.26. The second kappa shape index (κ2) is 29.7. The average molecular weight is 998 g/mol. The molecule has 1 aromatic carbocycles. The maximum Gasteiger partial charge on any atom is 0.326 e. The van der Waals surface area contributed by atoms with Gasteiger partial charge in [-0.15, -0.1) is 0 Å². The minimum absolute atomic E-state index is 0.0849. The number of amides is 7. The van der Waals surface area contributed by atoms with E-state index in [1.807, 2.05) is 16.0 Å². The highest BCUT2D eigenvalue weighted by atomic mass is 16.4. The Balaban J connectivity index is 3.53. The molecule has 8 unspecified atom stereocenters. The molecule has 1 rings (SSSR count). The van der Waals surface area contributed by atoms with Crippen molar-refractivity contribution in [1.29, 1.82) is 0 Å². The molecule has 1 aromatic rings. The SMILES string of the molecule is CC(C)CC(NC(=O)C(N)CC(=O)O)C(=O)NC(Cc1ccc(O)cc1)C(=O)NC(CC(=O)O)C(=O)NC(CC(=O)O)C(=O)NC(CC(=O)O)C(=O)NC(CC(=O)O)C(=O)NC(CCCCN)C(=O)O. The Hall–Kier alpha value is -7.95. The number of aliphatic carboxylic acids is 6. The van der Waals surface area contributed by atoms with E-state index in [0.717, 1.165) is 0 Å². The summed E-state index contributed by atoms with van der Waals surface area (Å²) in [4.78, 5) is 164.